The summed E-state index contributed by atoms with van der Waals surface area (Å²) in [5.74, 6) is 4.56. The van der Waals surface area contributed by atoms with Crippen LogP contribution in [0, 0.1) is 13.8 Å². The van der Waals surface area contributed by atoms with Crippen LogP contribution in [0.5, 0.6) is 0 Å². The second-order valence-electron chi connectivity index (χ2n) is 2.30. The molecule has 6 heteroatoms. The fourth-order valence-corrected chi connectivity index (χ4v) is 0.774. The summed E-state index contributed by atoms with van der Waals surface area (Å²) in [7, 11) is 0. The summed E-state index contributed by atoms with van der Waals surface area (Å²) >= 11 is 0. The van der Waals surface area contributed by atoms with E-state index in [9.17, 15) is 4.79 Å². The molecule has 1 rings (SSSR count). The quantitative estimate of drug-likeness (QED) is 0.333. The third-order valence-corrected chi connectivity index (χ3v) is 1.60. The Hall–Kier alpha value is -1.07. The highest BCUT2D eigenvalue weighted by Gasteiger charge is 2.11. The maximum Gasteiger partial charge on any atom is 0.285 e. The highest BCUT2D eigenvalue weighted by atomic mass is 35.5. The molecule has 5 nitrogen and oxygen atoms in total. The Kier molecular flexibility index (Phi) is 3.72. The molecule has 0 saturated heterocycles. The van der Waals surface area contributed by atoms with E-state index in [-0.39, 0.29) is 18.3 Å². The van der Waals surface area contributed by atoms with Gasteiger partial charge in [0.1, 0.15) is 0 Å². The Morgan fingerprint density at radius 1 is 1.58 bits per heavy atom. The summed E-state index contributed by atoms with van der Waals surface area (Å²) in [6.45, 7) is 3.65. The Morgan fingerprint density at radius 3 is 2.50 bits per heavy atom. The first-order chi connectivity index (χ1) is 5.16. The molecular formula is C6H11ClN4O. The minimum absolute atomic E-state index is 0. The molecule has 0 aliphatic heterocycles. The summed E-state index contributed by atoms with van der Waals surface area (Å²) in [5, 5.41) is 6.45. The molecule has 4 N–H and O–H groups in total. The number of aromatic nitrogens is 2. The lowest BCUT2D eigenvalue weighted by molar-refractivity contribution is 0.0948. The number of hydrazine groups is 1. The Balaban J connectivity index is 0.00000121. The largest absolute Gasteiger partial charge is 0.289 e. The van der Waals surface area contributed by atoms with Gasteiger partial charge in [0.2, 0.25) is 0 Å². The number of hydrogen-bond acceptors (Lipinski definition) is 3. The van der Waals surface area contributed by atoms with Crippen LogP contribution in [0.25, 0.3) is 0 Å². The molecule has 0 aromatic carbocycles. The number of carbonyl (C=O) groups is 1. The third-order valence-electron chi connectivity index (χ3n) is 1.60. The molecule has 0 spiro atoms. The standard InChI is InChI=1S/C6H10N4O.ClH/c1-3-4(2)9-10-5(3)6(11)8-7;/h7H2,1-2H3,(H,8,11)(H,9,10);1H. The molecule has 0 radical (unpaired) electrons. The van der Waals surface area contributed by atoms with E-state index >= 15 is 0 Å². The molecular weight excluding hydrogens is 180 g/mol. The number of nitrogens with zero attached hydrogens (tertiary/aromatic N) is 1. The van der Waals surface area contributed by atoms with E-state index in [2.05, 4.69) is 10.2 Å². The van der Waals surface area contributed by atoms with Crippen LogP contribution in [-0.2, 0) is 0 Å². The molecule has 1 amide bonds. The zero-order valence-electron chi connectivity index (χ0n) is 6.84. The van der Waals surface area contributed by atoms with Gasteiger partial charge in [-0.05, 0) is 13.8 Å². The van der Waals surface area contributed by atoms with E-state index in [4.69, 9.17) is 5.84 Å². The van der Waals surface area contributed by atoms with Gasteiger partial charge in [-0.3, -0.25) is 15.3 Å². The second-order valence-corrected chi connectivity index (χ2v) is 2.30. The predicted molar refractivity (Wildman–Crippen MR) is 47.0 cm³/mol. The van der Waals surface area contributed by atoms with Crippen LogP contribution in [0.3, 0.4) is 0 Å². The molecule has 0 unspecified atom stereocenters. The Bertz CT molecular complexity index is 283. The number of H-pyrrole nitrogens is 1. The van der Waals surface area contributed by atoms with E-state index in [1.54, 1.807) is 0 Å². The lowest BCUT2D eigenvalue weighted by atomic mass is 10.2. The molecule has 0 fully saturated rings. The highest BCUT2D eigenvalue weighted by Crippen LogP contribution is 2.06. The first-order valence-electron chi connectivity index (χ1n) is 3.19. The molecule has 0 saturated carbocycles. The number of rotatable bonds is 1. The van der Waals surface area contributed by atoms with Crippen LogP contribution in [0.2, 0.25) is 0 Å². The minimum Gasteiger partial charge on any atom is -0.289 e. The van der Waals surface area contributed by atoms with E-state index in [1.165, 1.54) is 0 Å². The Morgan fingerprint density at radius 2 is 2.17 bits per heavy atom. The number of carbonyl (C=O) groups excluding carboxylic acids is 1. The third kappa shape index (κ3) is 1.75. The highest BCUT2D eigenvalue weighted by molar-refractivity contribution is 5.93. The molecule has 0 bridgehead atoms. The summed E-state index contributed by atoms with van der Waals surface area (Å²) in [5.41, 5.74) is 4.07. The second kappa shape index (κ2) is 4.08. The van der Waals surface area contributed by atoms with Crippen LogP contribution in [0.4, 0.5) is 0 Å². The maximum absolute atomic E-state index is 10.9. The molecule has 1 heterocycles. The van der Waals surface area contributed by atoms with Crippen molar-refractivity contribution in [3.8, 4) is 0 Å². The van der Waals surface area contributed by atoms with Crippen LogP contribution in [-0.4, -0.2) is 16.1 Å². The summed E-state index contributed by atoms with van der Waals surface area (Å²) in [4.78, 5) is 10.9. The van der Waals surface area contributed by atoms with Crippen molar-refractivity contribution in [3.63, 3.8) is 0 Å². The number of aryl methyl sites for hydroxylation is 1. The van der Waals surface area contributed by atoms with Crippen LogP contribution >= 0.6 is 12.4 Å². The van der Waals surface area contributed by atoms with Crippen molar-refractivity contribution in [2.45, 2.75) is 13.8 Å². The van der Waals surface area contributed by atoms with Crippen LogP contribution in [0.1, 0.15) is 21.7 Å². The van der Waals surface area contributed by atoms with Crippen LogP contribution in [0.15, 0.2) is 0 Å². The van der Waals surface area contributed by atoms with E-state index in [0.29, 0.717) is 5.69 Å². The Labute approximate surface area is 76.1 Å². The number of amides is 1. The van der Waals surface area contributed by atoms with Crippen molar-refractivity contribution >= 4 is 18.3 Å². The number of nitrogen functional groups attached to an aromatic ring is 1. The van der Waals surface area contributed by atoms with Crippen molar-refractivity contribution in [1.29, 1.82) is 0 Å². The van der Waals surface area contributed by atoms with Crippen molar-refractivity contribution in [1.82, 2.24) is 15.6 Å². The van der Waals surface area contributed by atoms with Crippen LogP contribution < -0.4 is 11.3 Å². The van der Waals surface area contributed by atoms with Crippen molar-refractivity contribution < 1.29 is 4.79 Å². The molecule has 1 aromatic heterocycles. The van der Waals surface area contributed by atoms with Gasteiger partial charge in [0.25, 0.3) is 5.91 Å². The van der Waals surface area contributed by atoms with Gasteiger partial charge in [0.15, 0.2) is 5.69 Å². The van der Waals surface area contributed by atoms with Gasteiger partial charge in [-0.15, -0.1) is 12.4 Å². The van der Waals surface area contributed by atoms with Gasteiger partial charge in [0.05, 0.1) is 0 Å². The van der Waals surface area contributed by atoms with Gasteiger partial charge in [0, 0.05) is 11.3 Å². The smallest absolute Gasteiger partial charge is 0.285 e. The summed E-state index contributed by atoms with van der Waals surface area (Å²) in [6, 6.07) is 0. The number of aromatic amines is 1. The first kappa shape index (κ1) is 10.9. The SMILES string of the molecule is Cc1[nH]nc(C(=O)NN)c1C.Cl. The van der Waals surface area contributed by atoms with Gasteiger partial charge in [-0.25, -0.2) is 5.84 Å². The van der Waals surface area contributed by atoms with Gasteiger partial charge in [-0.2, -0.15) is 5.10 Å². The number of nitrogens with one attached hydrogen (secondary N) is 2. The maximum atomic E-state index is 10.9. The van der Waals surface area contributed by atoms with Crippen molar-refractivity contribution in [3.05, 3.63) is 17.0 Å². The fraction of sp³-hybridized carbons (Fsp3) is 0.333. The van der Waals surface area contributed by atoms with Gasteiger partial charge in [-0.1, -0.05) is 0 Å². The lowest BCUT2D eigenvalue weighted by Gasteiger charge is -1.94. The first-order valence-corrected chi connectivity index (χ1v) is 3.19. The zero-order chi connectivity index (χ0) is 8.43. The van der Waals surface area contributed by atoms with Gasteiger partial charge < -0.3 is 0 Å². The minimum atomic E-state index is -0.369. The topological polar surface area (TPSA) is 83.8 Å². The number of halogens is 1. The average Bonchev–Trinajstić information content (AvgIpc) is 2.32. The number of nitrogens with two attached hydrogens (primary N) is 1. The predicted octanol–water partition coefficient (Wildman–Crippen LogP) is 0.0518. The lowest BCUT2D eigenvalue weighted by Crippen LogP contribution is -2.30. The molecule has 0 aliphatic carbocycles. The van der Waals surface area contributed by atoms with Gasteiger partial charge >= 0.3 is 0 Å². The molecule has 68 valence electrons. The van der Waals surface area contributed by atoms with E-state index in [0.717, 1.165) is 11.3 Å². The summed E-state index contributed by atoms with van der Waals surface area (Å²) in [6.07, 6.45) is 0. The normalized spacial score (nSPS) is 8.92. The van der Waals surface area contributed by atoms with Crippen molar-refractivity contribution in [2.75, 3.05) is 0 Å². The fourth-order valence-electron chi connectivity index (χ4n) is 0.774. The summed E-state index contributed by atoms with van der Waals surface area (Å²) < 4.78 is 0. The molecule has 0 aliphatic rings. The van der Waals surface area contributed by atoms with E-state index in [1.807, 2.05) is 19.3 Å². The van der Waals surface area contributed by atoms with E-state index < -0.39 is 0 Å². The average molecular weight is 191 g/mol. The monoisotopic (exact) mass is 190 g/mol. The molecule has 0 atom stereocenters. The molecule has 1 aromatic rings. The van der Waals surface area contributed by atoms with Crippen molar-refractivity contribution in [2.24, 2.45) is 5.84 Å². The number of hydrogen-bond donors (Lipinski definition) is 3. The zero-order valence-corrected chi connectivity index (χ0v) is 7.66. The molecule has 12 heavy (non-hydrogen) atoms.